The molecule has 0 aliphatic heterocycles. The van der Waals surface area contributed by atoms with E-state index in [9.17, 15) is 4.79 Å². The first kappa shape index (κ1) is 25.5. The minimum atomic E-state index is -0.180. The Morgan fingerprint density at radius 2 is 1.48 bits per heavy atom. The molecule has 1 saturated carbocycles. The van der Waals surface area contributed by atoms with Gasteiger partial charge in [-0.15, -0.1) is 0 Å². The maximum Gasteiger partial charge on any atom is 0.338 e. The SMILES string of the molecule is CCCCCCCCc1ccc(-c2ccc(C(=O)O[C@@H]3C[C@@H](C)CC[C@@H]3C(C)C)cc2)cc1. The summed E-state index contributed by atoms with van der Waals surface area (Å²) in [5.74, 6) is 1.46. The number of hydrogen-bond donors (Lipinski definition) is 0. The third-order valence-electron chi connectivity index (χ3n) is 7.45. The molecule has 3 atom stereocenters. The molecule has 3 rings (SSSR count). The topological polar surface area (TPSA) is 26.3 Å². The first-order valence-electron chi connectivity index (χ1n) is 13.4. The Morgan fingerprint density at radius 3 is 2.12 bits per heavy atom. The summed E-state index contributed by atoms with van der Waals surface area (Å²) in [6.07, 6.45) is 12.6. The van der Waals surface area contributed by atoms with Crippen molar-refractivity contribution in [3.05, 3.63) is 59.7 Å². The first-order chi connectivity index (χ1) is 16.0. The van der Waals surface area contributed by atoms with E-state index in [1.165, 1.54) is 56.1 Å². The van der Waals surface area contributed by atoms with Crippen LogP contribution < -0.4 is 0 Å². The van der Waals surface area contributed by atoms with Crippen LogP contribution in [0.15, 0.2) is 48.5 Å². The van der Waals surface area contributed by atoms with Crippen LogP contribution in [0, 0.1) is 17.8 Å². The number of hydrogen-bond acceptors (Lipinski definition) is 2. The quantitative estimate of drug-likeness (QED) is 0.253. The van der Waals surface area contributed by atoms with Gasteiger partial charge in [-0.1, -0.05) is 103 Å². The summed E-state index contributed by atoms with van der Waals surface area (Å²) >= 11 is 0. The van der Waals surface area contributed by atoms with E-state index in [0.29, 0.717) is 23.3 Å². The lowest BCUT2D eigenvalue weighted by molar-refractivity contribution is -0.0174. The van der Waals surface area contributed by atoms with Gasteiger partial charge in [0.05, 0.1) is 5.56 Å². The normalized spacial score (nSPS) is 20.7. The van der Waals surface area contributed by atoms with Gasteiger partial charge >= 0.3 is 5.97 Å². The van der Waals surface area contributed by atoms with Crippen molar-refractivity contribution < 1.29 is 9.53 Å². The van der Waals surface area contributed by atoms with Crippen LogP contribution in [0.2, 0.25) is 0 Å². The van der Waals surface area contributed by atoms with E-state index in [4.69, 9.17) is 4.74 Å². The fraction of sp³-hybridized carbons (Fsp3) is 0.581. The molecule has 1 fully saturated rings. The van der Waals surface area contributed by atoms with Crippen LogP contribution in [-0.4, -0.2) is 12.1 Å². The van der Waals surface area contributed by atoms with Crippen LogP contribution in [0.5, 0.6) is 0 Å². The van der Waals surface area contributed by atoms with Crippen LogP contribution >= 0.6 is 0 Å². The zero-order valence-electron chi connectivity index (χ0n) is 21.3. The van der Waals surface area contributed by atoms with E-state index in [2.05, 4.69) is 52.0 Å². The predicted octanol–water partition coefficient (Wildman–Crippen LogP) is 8.87. The van der Waals surface area contributed by atoms with Crippen LogP contribution in [-0.2, 0) is 11.2 Å². The summed E-state index contributed by atoms with van der Waals surface area (Å²) in [7, 11) is 0. The van der Waals surface area contributed by atoms with Crippen LogP contribution in [0.4, 0.5) is 0 Å². The zero-order chi connectivity index (χ0) is 23.6. The van der Waals surface area contributed by atoms with Crippen molar-refractivity contribution in [3.63, 3.8) is 0 Å². The molecule has 0 unspecified atom stereocenters. The van der Waals surface area contributed by atoms with Crippen molar-refractivity contribution >= 4 is 5.97 Å². The molecule has 2 nitrogen and oxygen atoms in total. The van der Waals surface area contributed by atoms with Gasteiger partial charge in [-0.05, 0) is 72.3 Å². The second-order valence-corrected chi connectivity index (χ2v) is 10.6. The number of ether oxygens (including phenoxy) is 1. The smallest absolute Gasteiger partial charge is 0.338 e. The molecule has 2 aromatic rings. The van der Waals surface area contributed by atoms with Crippen molar-refractivity contribution in [1.82, 2.24) is 0 Å². The van der Waals surface area contributed by atoms with E-state index in [1.54, 1.807) is 0 Å². The minimum Gasteiger partial charge on any atom is -0.458 e. The number of carbonyl (C=O) groups is 1. The maximum atomic E-state index is 12.8. The average molecular weight is 449 g/mol. The Bertz CT molecular complexity index is 834. The van der Waals surface area contributed by atoms with Gasteiger partial charge in [0.25, 0.3) is 0 Å². The Balaban J connectivity index is 1.53. The molecule has 0 spiro atoms. The van der Waals surface area contributed by atoms with Gasteiger partial charge in [0.2, 0.25) is 0 Å². The zero-order valence-corrected chi connectivity index (χ0v) is 21.3. The van der Waals surface area contributed by atoms with E-state index in [0.717, 1.165) is 24.8 Å². The largest absolute Gasteiger partial charge is 0.458 e. The van der Waals surface area contributed by atoms with Gasteiger partial charge in [0.15, 0.2) is 0 Å². The van der Waals surface area contributed by atoms with Gasteiger partial charge in [0.1, 0.15) is 6.10 Å². The van der Waals surface area contributed by atoms with Gasteiger partial charge in [-0.2, -0.15) is 0 Å². The second-order valence-electron chi connectivity index (χ2n) is 10.6. The van der Waals surface area contributed by atoms with Crippen molar-refractivity contribution in [2.45, 2.75) is 98.0 Å². The molecule has 0 N–H and O–H groups in total. The van der Waals surface area contributed by atoms with E-state index in [1.807, 2.05) is 24.3 Å². The molecule has 0 saturated heterocycles. The lowest BCUT2D eigenvalue weighted by Gasteiger charge is -2.36. The van der Waals surface area contributed by atoms with Crippen LogP contribution in [0.3, 0.4) is 0 Å². The summed E-state index contributed by atoms with van der Waals surface area (Å²) in [6.45, 7) is 9.02. The molecule has 1 aliphatic rings. The molecular formula is C31H44O2. The molecule has 0 heterocycles. The minimum absolute atomic E-state index is 0.0418. The van der Waals surface area contributed by atoms with Crippen LogP contribution in [0.25, 0.3) is 11.1 Å². The fourth-order valence-electron chi connectivity index (χ4n) is 5.23. The molecule has 0 amide bonds. The Labute approximate surface area is 202 Å². The van der Waals surface area contributed by atoms with E-state index < -0.39 is 0 Å². The number of rotatable bonds is 11. The Hall–Kier alpha value is -2.09. The molecule has 180 valence electrons. The van der Waals surface area contributed by atoms with Crippen molar-refractivity contribution in [1.29, 1.82) is 0 Å². The summed E-state index contributed by atoms with van der Waals surface area (Å²) < 4.78 is 6.01. The van der Waals surface area contributed by atoms with Gasteiger partial charge in [-0.25, -0.2) is 4.79 Å². The molecule has 2 aromatic carbocycles. The monoisotopic (exact) mass is 448 g/mol. The molecule has 0 radical (unpaired) electrons. The number of carbonyl (C=O) groups excluding carboxylic acids is 1. The lowest BCUT2D eigenvalue weighted by Crippen LogP contribution is -2.35. The molecule has 2 heteroatoms. The first-order valence-corrected chi connectivity index (χ1v) is 13.4. The Kier molecular flexibility index (Phi) is 10.0. The van der Waals surface area contributed by atoms with Crippen molar-refractivity contribution in [3.8, 4) is 11.1 Å². The van der Waals surface area contributed by atoms with Crippen LogP contribution in [0.1, 0.15) is 101 Å². The highest BCUT2D eigenvalue weighted by molar-refractivity contribution is 5.90. The number of unbranched alkanes of at least 4 members (excludes halogenated alkanes) is 5. The molecule has 0 bridgehead atoms. The van der Waals surface area contributed by atoms with E-state index >= 15 is 0 Å². The number of benzene rings is 2. The molecule has 1 aliphatic carbocycles. The summed E-state index contributed by atoms with van der Waals surface area (Å²) in [5.41, 5.74) is 4.40. The van der Waals surface area contributed by atoms with Crippen molar-refractivity contribution in [2.24, 2.45) is 17.8 Å². The third kappa shape index (κ3) is 7.73. The highest BCUT2D eigenvalue weighted by Gasteiger charge is 2.33. The molecule has 33 heavy (non-hydrogen) atoms. The van der Waals surface area contributed by atoms with Gasteiger partial charge in [0, 0.05) is 0 Å². The lowest BCUT2D eigenvalue weighted by atomic mass is 9.75. The third-order valence-corrected chi connectivity index (χ3v) is 7.45. The molecule has 0 aromatic heterocycles. The van der Waals surface area contributed by atoms with E-state index in [-0.39, 0.29) is 12.1 Å². The number of aryl methyl sites for hydroxylation is 1. The number of esters is 1. The predicted molar refractivity (Wildman–Crippen MR) is 140 cm³/mol. The van der Waals surface area contributed by atoms with Gasteiger partial charge in [-0.3, -0.25) is 0 Å². The average Bonchev–Trinajstić information content (AvgIpc) is 2.81. The standard InChI is InChI=1S/C31H44O2/c1-5-6-7-8-9-10-11-25-13-15-26(16-14-25)27-17-19-28(20-18-27)31(32)33-30-22-24(4)12-21-29(30)23(2)3/h13-20,23-24,29-30H,5-12,21-22H2,1-4H3/t24-,29+,30+/m0/s1. The Morgan fingerprint density at radius 1 is 0.879 bits per heavy atom. The summed E-state index contributed by atoms with van der Waals surface area (Å²) in [5, 5.41) is 0. The highest BCUT2D eigenvalue weighted by Crippen LogP contribution is 2.35. The molecular weight excluding hydrogens is 404 g/mol. The van der Waals surface area contributed by atoms with Gasteiger partial charge < -0.3 is 4.74 Å². The maximum absolute atomic E-state index is 12.8. The second kappa shape index (κ2) is 13.0. The summed E-state index contributed by atoms with van der Waals surface area (Å²) in [4.78, 5) is 12.8. The highest BCUT2D eigenvalue weighted by atomic mass is 16.5. The van der Waals surface area contributed by atoms with Crippen molar-refractivity contribution in [2.75, 3.05) is 0 Å². The summed E-state index contributed by atoms with van der Waals surface area (Å²) in [6, 6.07) is 16.8. The fourth-order valence-corrected chi connectivity index (χ4v) is 5.23.